The number of halogens is 2. The first kappa shape index (κ1) is 21.0. The summed E-state index contributed by atoms with van der Waals surface area (Å²) in [7, 11) is 0. The summed E-state index contributed by atoms with van der Waals surface area (Å²) in [5.74, 6) is -0.668. The molecule has 0 bridgehead atoms. The molecule has 154 valence electrons. The molecule has 1 aliphatic rings. The molecule has 0 atom stereocenters. The van der Waals surface area contributed by atoms with E-state index in [0.717, 1.165) is 0 Å². The fourth-order valence-corrected chi connectivity index (χ4v) is 4.46. The highest BCUT2D eigenvalue weighted by atomic mass is 79.9. The number of non-ortho nitro benzene ring substituents is 1. The van der Waals surface area contributed by atoms with Gasteiger partial charge in [-0.2, -0.15) is 0 Å². The highest BCUT2D eigenvalue weighted by Crippen LogP contribution is 2.37. The lowest BCUT2D eigenvalue weighted by atomic mass is 9.97. The largest absolute Gasteiger partial charge is 0.506 e. The summed E-state index contributed by atoms with van der Waals surface area (Å²) in [6, 6.07) is 13.6. The van der Waals surface area contributed by atoms with Gasteiger partial charge in [-0.05, 0) is 73.8 Å². The number of ketones is 1. The Balaban J connectivity index is 1.75. The molecule has 0 fully saturated rings. The molecule has 4 rings (SSSR count). The van der Waals surface area contributed by atoms with Crippen molar-refractivity contribution >= 4 is 66.6 Å². The topological polar surface area (TPSA) is 110 Å². The number of carbonyl (C=O) groups excluding carboxylic acids is 2. The Morgan fingerprint density at radius 1 is 1.03 bits per heavy atom. The quantitative estimate of drug-likeness (QED) is 0.194. The highest BCUT2D eigenvalue weighted by Gasteiger charge is 2.26. The monoisotopic (exact) mass is 542 g/mol. The first-order valence-electron chi connectivity index (χ1n) is 8.89. The Hall–Kier alpha value is -3.30. The average Bonchev–Trinajstić information content (AvgIpc) is 3.05. The second kappa shape index (κ2) is 8.09. The van der Waals surface area contributed by atoms with Crippen LogP contribution in [0.4, 0.5) is 11.4 Å². The van der Waals surface area contributed by atoms with E-state index in [0.29, 0.717) is 36.9 Å². The van der Waals surface area contributed by atoms with Crippen LogP contribution >= 0.6 is 31.9 Å². The maximum absolute atomic E-state index is 12.9. The van der Waals surface area contributed by atoms with E-state index in [4.69, 9.17) is 0 Å². The van der Waals surface area contributed by atoms with Crippen LogP contribution in [0.3, 0.4) is 0 Å². The van der Waals surface area contributed by atoms with E-state index in [1.807, 2.05) is 0 Å². The smallest absolute Gasteiger partial charge is 0.270 e. The van der Waals surface area contributed by atoms with E-state index < -0.39 is 4.92 Å². The van der Waals surface area contributed by atoms with Gasteiger partial charge in [0.1, 0.15) is 5.75 Å². The normalized spacial score (nSPS) is 13.7. The molecule has 0 unspecified atom stereocenters. The molecule has 0 radical (unpaired) electrons. The number of amides is 1. The third-order valence-corrected chi connectivity index (χ3v) is 5.94. The van der Waals surface area contributed by atoms with Crippen LogP contribution in [0.2, 0.25) is 0 Å². The van der Waals surface area contributed by atoms with E-state index in [-0.39, 0.29) is 28.7 Å². The maximum Gasteiger partial charge on any atom is 0.270 e. The molecule has 2 N–H and O–H groups in total. The molecule has 0 aliphatic carbocycles. The summed E-state index contributed by atoms with van der Waals surface area (Å²) in [5.41, 5.74) is 2.43. The predicted octanol–water partition coefficient (Wildman–Crippen LogP) is 5.55. The number of nitrogens with one attached hydrogen (secondary N) is 1. The van der Waals surface area contributed by atoms with Crippen molar-refractivity contribution in [3.63, 3.8) is 0 Å². The van der Waals surface area contributed by atoms with Crippen LogP contribution in [0.25, 0.3) is 11.6 Å². The molecular weight excluding hydrogens is 532 g/mol. The summed E-state index contributed by atoms with van der Waals surface area (Å²) in [6.07, 6.45) is 1.65. The summed E-state index contributed by atoms with van der Waals surface area (Å²) in [6.45, 7) is 0. The minimum Gasteiger partial charge on any atom is -0.506 e. The molecule has 1 aliphatic heterocycles. The van der Waals surface area contributed by atoms with Gasteiger partial charge in [-0.25, -0.2) is 0 Å². The highest BCUT2D eigenvalue weighted by molar-refractivity contribution is 9.11. The molecule has 7 nitrogen and oxygen atoms in total. The number of aromatic hydroxyl groups is 1. The molecule has 0 saturated heterocycles. The van der Waals surface area contributed by atoms with E-state index >= 15 is 0 Å². The fourth-order valence-electron chi connectivity index (χ4n) is 3.24. The van der Waals surface area contributed by atoms with Crippen LogP contribution in [0.15, 0.2) is 63.5 Å². The number of nitrogens with zero attached hydrogens (tertiary/aromatic N) is 1. The van der Waals surface area contributed by atoms with Gasteiger partial charge in [0.25, 0.3) is 11.6 Å². The molecule has 1 amide bonds. The first-order chi connectivity index (χ1) is 14.7. The van der Waals surface area contributed by atoms with E-state index in [2.05, 4.69) is 37.2 Å². The minimum atomic E-state index is -0.559. The molecule has 3 aromatic rings. The molecule has 1 heterocycles. The van der Waals surface area contributed by atoms with Crippen LogP contribution in [-0.2, 0) is 4.79 Å². The van der Waals surface area contributed by atoms with Crippen LogP contribution in [0.1, 0.15) is 27.0 Å². The Morgan fingerprint density at radius 3 is 2.39 bits per heavy atom. The molecule has 0 saturated carbocycles. The Kier molecular flexibility index (Phi) is 5.47. The molecule has 0 aromatic heterocycles. The zero-order chi connectivity index (χ0) is 22.3. The lowest BCUT2D eigenvalue weighted by Gasteiger charge is -2.06. The van der Waals surface area contributed by atoms with E-state index in [1.54, 1.807) is 36.4 Å². The standard InChI is InChI=1S/C22H12Br2N2O5/c23-17-7-11(8-18(24)21(17)28)6-16-15-10-13(4-5-19(15)25-22(16)29)20(27)12-2-1-3-14(9-12)26(30)31/h1-10,28H,(H,25,29). The van der Waals surface area contributed by atoms with E-state index in [9.17, 15) is 24.8 Å². The first-order valence-corrected chi connectivity index (χ1v) is 10.5. The van der Waals surface area contributed by atoms with Crippen molar-refractivity contribution in [2.75, 3.05) is 5.32 Å². The lowest BCUT2D eigenvalue weighted by Crippen LogP contribution is -2.03. The van der Waals surface area contributed by atoms with Crippen molar-refractivity contribution < 1.29 is 19.6 Å². The number of anilines is 1. The third kappa shape index (κ3) is 4.01. The van der Waals surface area contributed by atoms with Gasteiger partial charge >= 0.3 is 0 Å². The van der Waals surface area contributed by atoms with Gasteiger partial charge in [0.15, 0.2) is 5.78 Å². The van der Waals surface area contributed by atoms with Crippen molar-refractivity contribution in [3.8, 4) is 5.75 Å². The number of phenolic OH excluding ortho intramolecular Hbond substituents is 1. The van der Waals surface area contributed by atoms with Gasteiger partial charge in [-0.3, -0.25) is 19.7 Å². The van der Waals surface area contributed by atoms with Gasteiger partial charge in [-0.15, -0.1) is 0 Å². The number of carbonyl (C=O) groups is 2. The van der Waals surface area contributed by atoms with Crippen molar-refractivity contribution in [2.24, 2.45) is 0 Å². The zero-order valence-electron chi connectivity index (χ0n) is 15.6. The van der Waals surface area contributed by atoms with Crippen LogP contribution < -0.4 is 5.32 Å². The SMILES string of the molecule is O=C1Nc2ccc(C(=O)c3cccc([N+](=O)[O-])c3)cc2C1=Cc1cc(Br)c(O)c(Br)c1. The number of nitro benzene ring substituents is 1. The second-order valence-electron chi connectivity index (χ2n) is 6.74. The lowest BCUT2D eigenvalue weighted by molar-refractivity contribution is -0.384. The van der Waals surface area contributed by atoms with Gasteiger partial charge in [0.2, 0.25) is 0 Å². The summed E-state index contributed by atoms with van der Waals surface area (Å²) >= 11 is 6.53. The minimum absolute atomic E-state index is 0.0447. The van der Waals surface area contributed by atoms with Crippen molar-refractivity contribution in [1.82, 2.24) is 0 Å². The number of hydrogen-bond donors (Lipinski definition) is 2. The number of benzene rings is 3. The Bertz CT molecular complexity index is 1290. The van der Waals surface area contributed by atoms with Gasteiger partial charge in [0.05, 0.1) is 13.9 Å². The average molecular weight is 544 g/mol. The fraction of sp³-hybridized carbons (Fsp3) is 0. The third-order valence-electron chi connectivity index (χ3n) is 4.73. The predicted molar refractivity (Wildman–Crippen MR) is 123 cm³/mol. The molecule has 9 heteroatoms. The van der Waals surface area contributed by atoms with Crippen LogP contribution in [0.5, 0.6) is 5.75 Å². The Labute approximate surface area is 192 Å². The van der Waals surface area contributed by atoms with Crippen molar-refractivity contribution in [3.05, 3.63) is 95.9 Å². The molecule has 31 heavy (non-hydrogen) atoms. The van der Waals surface area contributed by atoms with Crippen molar-refractivity contribution in [1.29, 1.82) is 0 Å². The summed E-state index contributed by atoms with van der Waals surface area (Å²) in [5, 5.41) is 23.7. The molecule has 0 spiro atoms. The summed E-state index contributed by atoms with van der Waals surface area (Å²) < 4.78 is 0.920. The van der Waals surface area contributed by atoms with Gasteiger partial charge < -0.3 is 10.4 Å². The van der Waals surface area contributed by atoms with Crippen molar-refractivity contribution in [2.45, 2.75) is 0 Å². The Morgan fingerprint density at radius 2 is 1.71 bits per heavy atom. The number of hydrogen-bond acceptors (Lipinski definition) is 5. The van der Waals surface area contributed by atoms with Gasteiger partial charge in [-0.1, -0.05) is 12.1 Å². The number of phenols is 1. The maximum atomic E-state index is 12.9. The number of rotatable bonds is 4. The van der Waals surface area contributed by atoms with Crippen LogP contribution in [0, 0.1) is 10.1 Å². The number of fused-ring (bicyclic) bond motifs is 1. The molecular formula is C22H12Br2N2O5. The van der Waals surface area contributed by atoms with E-state index in [1.165, 1.54) is 24.3 Å². The molecule has 3 aromatic carbocycles. The second-order valence-corrected chi connectivity index (χ2v) is 8.45. The van der Waals surface area contributed by atoms with Gasteiger partial charge in [0, 0.05) is 40.1 Å². The van der Waals surface area contributed by atoms with Crippen LogP contribution in [-0.4, -0.2) is 21.7 Å². The number of nitro groups is 1. The zero-order valence-corrected chi connectivity index (χ0v) is 18.7. The summed E-state index contributed by atoms with van der Waals surface area (Å²) in [4.78, 5) is 35.9.